The minimum atomic E-state index is -1.29. The average molecular weight is 416 g/mol. The molecule has 0 aliphatic carbocycles. The number of hydrogen-bond acceptors (Lipinski definition) is 6. The molecule has 0 aliphatic rings. The Bertz CT molecular complexity index is 717. The van der Waals surface area contributed by atoms with Gasteiger partial charge in [0.1, 0.15) is 17.0 Å². The number of anilines is 1. The van der Waals surface area contributed by atoms with E-state index in [1.165, 1.54) is 6.07 Å². The molecule has 1 aromatic rings. The summed E-state index contributed by atoms with van der Waals surface area (Å²) in [4.78, 5) is 40.8. The largest absolute Gasteiger partial charge is 0.465 e. The number of carboxylic acid groups (broad SMARTS) is 1. The van der Waals surface area contributed by atoms with Crippen molar-refractivity contribution in [2.75, 3.05) is 5.32 Å². The van der Waals surface area contributed by atoms with E-state index in [2.05, 4.69) is 10.3 Å². The Morgan fingerprint density at radius 1 is 1.11 bits per heavy atom. The van der Waals surface area contributed by atoms with Gasteiger partial charge in [0.25, 0.3) is 0 Å². The number of imide groups is 1. The molecule has 28 heavy (non-hydrogen) atoms. The fraction of sp³-hybridized carbons (Fsp3) is 0.556. The molecule has 10 heteroatoms. The van der Waals surface area contributed by atoms with Crippen LogP contribution in [0.25, 0.3) is 0 Å². The lowest BCUT2D eigenvalue weighted by molar-refractivity contribution is -0.000276. The molecular weight excluding hydrogens is 390 g/mol. The van der Waals surface area contributed by atoms with Crippen molar-refractivity contribution >= 4 is 35.7 Å². The molecule has 0 radical (unpaired) electrons. The van der Waals surface area contributed by atoms with Gasteiger partial charge in [0, 0.05) is 11.3 Å². The SMILES string of the molecule is Cc1nc(NC(=O)O)cc(Cl)c1CN(C(=O)OC(C)(C)C)C(=O)OC(C)(C)C. The van der Waals surface area contributed by atoms with Gasteiger partial charge in [-0.05, 0) is 54.5 Å². The molecule has 0 unspecified atom stereocenters. The van der Waals surface area contributed by atoms with E-state index in [1.807, 2.05) is 0 Å². The predicted molar refractivity (Wildman–Crippen MR) is 104 cm³/mol. The monoisotopic (exact) mass is 415 g/mol. The maximum Gasteiger partial charge on any atom is 0.420 e. The number of ether oxygens (including phenoxy) is 2. The molecule has 0 aliphatic heterocycles. The van der Waals surface area contributed by atoms with Crippen LogP contribution in [-0.2, 0) is 16.0 Å². The Hall–Kier alpha value is -2.55. The van der Waals surface area contributed by atoms with Gasteiger partial charge in [0.05, 0.1) is 11.6 Å². The second-order valence-electron chi connectivity index (χ2n) is 8.03. The molecule has 0 spiro atoms. The number of pyridine rings is 1. The van der Waals surface area contributed by atoms with Crippen LogP contribution in [0.4, 0.5) is 20.2 Å². The van der Waals surface area contributed by atoms with Crippen LogP contribution < -0.4 is 5.32 Å². The Morgan fingerprint density at radius 3 is 1.93 bits per heavy atom. The van der Waals surface area contributed by atoms with Gasteiger partial charge in [-0.25, -0.2) is 24.3 Å². The Kier molecular flexibility index (Phi) is 7.25. The standard InChI is InChI=1S/C18H26ClN3O6/c1-10-11(12(19)8-13(20-10)21-14(23)24)9-22(15(25)27-17(2,3)4)16(26)28-18(5,6)7/h8H,9H2,1-7H3,(H,20,21)(H,23,24). The van der Waals surface area contributed by atoms with Crippen molar-refractivity contribution in [3.63, 3.8) is 0 Å². The summed E-state index contributed by atoms with van der Waals surface area (Å²) in [5.74, 6) is 0.0276. The van der Waals surface area contributed by atoms with Crippen molar-refractivity contribution in [3.05, 3.63) is 22.3 Å². The number of carbonyl (C=O) groups is 3. The smallest absolute Gasteiger partial charge is 0.420 e. The third kappa shape index (κ3) is 7.59. The van der Waals surface area contributed by atoms with E-state index in [-0.39, 0.29) is 17.4 Å². The van der Waals surface area contributed by atoms with E-state index < -0.39 is 29.5 Å². The number of hydrogen-bond donors (Lipinski definition) is 2. The normalized spacial score (nSPS) is 11.6. The van der Waals surface area contributed by atoms with E-state index in [0.29, 0.717) is 11.3 Å². The minimum absolute atomic E-state index is 0.0276. The van der Waals surface area contributed by atoms with Gasteiger partial charge in [-0.15, -0.1) is 0 Å². The van der Waals surface area contributed by atoms with E-state index in [1.54, 1.807) is 48.5 Å². The summed E-state index contributed by atoms with van der Waals surface area (Å²) in [7, 11) is 0. The number of carbonyl (C=O) groups excluding carboxylic acids is 2. The molecule has 9 nitrogen and oxygen atoms in total. The lowest BCUT2D eigenvalue weighted by atomic mass is 10.2. The first kappa shape index (κ1) is 23.5. The third-order valence-electron chi connectivity index (χ3n) is 3.06. The van der Waals surface area contributed by atoms with Crippen LogP contribution in [0.3, 0.4) is 0 Å². The fourth-order valence-corrected chi connectivity index (χ4v) is 2.32. The predicted octanol–water partition coefficient (Wildman–Crippen LogP) is 4.81. The highest BCUT2D eigenvalue weighted by atomic mass is 35.5. The highest BCUT2D eigenvalue weighted by Gasteiger charge is 2.32. The summed E-state index contributed by atoms with van der Waals surface area (Å²) in [5.41, 5.74) is -0.962. The summed E-state index contributed by atoms with van der Waals surface area (Å²) < 4.78 is 10.6. The van der Waals surface area contributed by atoms with Gasteiger partial charge in [0.2, 0.25) is 0 Å². The second kappa shape index (κ2) is 8.64. The van der Waals surface area contributed by atoms with Crippen molar-refractivity contribution in [1.82, 2.24) is 9.88 Å². The summed E-state index contributed by atoms with van der Waals surface area (Å²) >= 11 is 6.23. The highest BCUT2D eigenvalue weighted by molar-refractivity contribution is 6.31. The number of amides is 3. The second-order valence-corrected chi connectivity index (χ2v) is 8.44. The van der Waals surface area contributed by atoms with Gasteiger partial charge < -0.3 is 14.6 Å². The topological polar surface area (TPSA) is 118 Å². The first-order valence-corrected chi connectivity index (χ1v) is 8.86. The van der Waals surface area contributed by atoms with Gasteiger partial charge in [-0.1, -0.05) is 11.6 Å². The van der Waals surface area contributed by atoms with Crippen LogP contribution >= 0.6 is 11.6 Å². The number of nitrogens with one attached hydrogen (secondary N) is 1. The van der Waals surface area contributed by atoms with Crippen molar-refractivity contribution in [3.8, 4) is 0 Å². The van der Waals surface area contributed by atoms with Gasteiger partial charge in [-0.3, -0.25) is 5.32 Å². The maximum absolute atomic E-state index is 12.6. The lowest BCUT2D eigenvalue weighted by Crippen LogP contribution is -2.43. The zero-order chi connectivity index (χ0) is 21.9. The summed E-state index contributed by atoms with van der Waals surface area (Å²) in [6.07, 6.45) is -3.09. The van der Waals surface area contributed by atoms with Crippen LogP contribution in [-0.4, -0.2) is 44.5 Å². The summed E-state index contributed by atoms with van der Waals surface area (Å²) in [6, 6.07) is 1.29. The Balaban J connectivity index is 3.23. The van der Waals surface area contributed by atoms with Crippen molar-refractivity contribution in [2.24, 2.45) is 0 Å². The highest BCUT2D eigenvalue weighted by Crippen LogP contribution is 2.25. The first-order valence-electron chi connectivity index (χ1n) is 8.48. The lowest BCUT2D eigenvalue weighted by Gasteiger charge is -2.29. The van der Waals surface area contributed by atoms with Crippen LogP contribution in [0.15, 0.2) is 6.07 Å². The van der Waals surface area contributed by atoms with E-state index in [9.17, 15) is 14.4 Å². The quantitative estimate of drug-likeness (QED) is 0.727. The molecule has 3 amide bonds. The van der Waals surface area contributed by atoms with Gasteiger partial charge >= 0.3 is 18.3 Å². The zero-order valence-corrected chi connectivity index (χ0v) is 17.8. The molecule has 1 rings (SSSR count). The number of rotatable bonds is 3. The van der Waals surface area contributed by atoms with Crippen molar-refractivity contribution < 1.29 is 29.0 Å². The average Bonchev–Trinajstić information content (AvgIpc) is 2.41. The fourth-order valence-electron chi connectivity index (χ4n) is 2.02. The summed E-state index contributed by atoms with van der Waals surface area (Å²) in [6.45, 7) is 11.4. The van der Waals surface area contributed by atoms with Crippen LogP contribution in [0.5, 0.6) is 0 Å². The number of aromatic nitrogens is 1. The Labute approximate surface area is 169 Å². The number of aryl methyl sites for hydroxylation is 1. The maximum atomic E-state index is 12.6. The van der Waals surface area contributed by atoms with Crippen LogP contribution in [0, 0.1) is 6.92 Å². The third-order valence-corrected chi connectivity index (χ3v) is 3.39. The minimum Gasteiger partial charge on any atom is -0.465 e. The van der Waals surface area contributed by atoms with E-state index in [0.717, 1.165) is 4.90 Å². The van der Waals surface area contributed by atoms with E-state index >= 15 is 0 Å². The summed E-state index contributed by atoms with van der Waals surface area (Å²) in [5, 5.41) is 11.0. The van der Waals surface area contributed by atoms with Gasteiger partial charge in [0.15, 0.2) is 0 Å². The van der Waals surface area contributed by atoms with Crippen LogP contribution in [0.2, 0.25) is 5.02 Å². The molecular formula is C18H26ClN3O6. The number of nitrogens with zero attached hydrogens (tertiary/aromatic N) is 2. The molecule has 2 N–H and O–H groups in total. The number of halogens is 1. The molecule has 156 valence electrons. The molecule has 0 saturated carbocycles. The first-order chi connectivity index (χ1) is 12.6. The molecule has 0 atom stereocenters. The van der Waals surface area contributed by atoms with Crippen molar-refractivity contribution in [2.45, 2.75) is 66.2 Å². The molecule has 0 bridgehead atoms. The Morgan fingerprint density at radius 2 is 1.57 bits per heavy atom. The molecule has 0 saturated heterocycles. The zero-order valence-electron chi connectivity index (χ0n) is 17.0. The van der Waals surface area contributed by atoms with Crippen molar-refractivity contribution in [1.29, 1.82) is 0 Å². The molecule has 0 fully saturated rings. The van der Waals surface area contributed by atoms with Gasteiger partial charge in [-0.2, -0.15) is 0 Å². The molecule has 1 heterocycles. The molecule has 0 aromatic carbocycles. The molecule has 1 aromatic heterocycles. The van der Waals surface area contributed by atoms with E-state index in [4.69, 9.17) is 26.2 Å². The van der Waals surface area contributed by atoms with Crippen LogP contribution in [0.1, 0.15) is 52.8 Å².